The summed E-state index contributed by atoms with van der Waals surface area (Å²) in [6.45, 7) is 5.99. The van der Waals surface area contributed by atoms with Crippen molar-refractivity contribution in [2.45, 2.75) is 6.92 Å². The summed E-state index contributed by atoms with van der Waals surface area (Å²) in [5.41, 5.74) is 9.11. The molecular formula is C19H24Cl3N5OS2. The number of nitrogens with zero attached hydrogens (tertiary/aromatic N) is 2. The van der Waals surface area contributed by atoms with E-state index in [-0.39, 0.29) is 48.8 Å². The maximum Gasteiger partial charge on any atom is 0.217 e. The number of rotatable bonds is 5. The molecule has 0 saturated carbocycles. The highest BCUT2D eigenvalue weighted by atomic mass is 35.5. The molecule has 0 spiro atoms. The minimum atomic E-state index is -0.0559. The molecule has 0 bridgehead atoms. The number of piperazine rings is 1. The molecule has 3 heterocycles. The van der Waals surface area contributed by atoms with E-state index in [9.17, 15) is 4.79 Å². The van der Waals surface area contributed by atoms with Crippen LogP contribution in [0.25, 0.3) is 0 Å². The number of aryl methyl sites for hydroxylation is 1. The molecule has 1 aromatic carbocycles. The molecule has 0 amide bonds. The SMILES string of the molecule is Cc1ccsc1C(=O)c1sc(Nc2ccc(N3CCNCC3)cc2)nc1N.Cl.Cl.Cl. The van der Waals surface area contributed by atoms with Crippen LogP contribution in [-0.4, -0.2) is 36.9 Å². The summed E-state index contributed by atoms with van der Waals surface area (Å²) < 4.78 is 0. The fourth-order valence-electron chi connectivity index (χ4n) is 3.06. The average molecular weight is 509 g/mol. The third kappa shape index (κ3) is 5.78. The Morgan fingerprint density at radius 3 is 2.37 bits per heavy atom. The lowest BCUT2D eigenvalue weighted by Crippen LogP contribution is -2.43. The number of thiazole rings is 1. The van der Waals surface area contributed by atoms with Gasteiger partial charge in [-0.3, -0.25) is 4.79 Å². The lowest BCUT2D eigenvalue weighted by atomic mass is 10.2. The highest BCUT2D eigenvalue weighted by molar-refractivity contribution is 7.19. The van der Waals surface area contributed by atoms with Gasteiger partial charge in [-0.2, -0.15) is 0 Å². The number of benzene rings is 1. The van der Waals surface area contributed by atoms with Gasteiger partial charge in [0.1, 0.15) is 10.7 Å². The van der Waals surface area contributed by atoms with Gasteiger partial charge in [0.2, 0.25) is 5.78 Å². The van der Waals surface area contributed by atoms with Gasteiger partial charge in [0.15, 0.2) is 5.13 Å². The molecule has 4 rings (SSSR count). The van der Waals surface area contributed by atoms with Crippen molar-refractivity contribution in [2.24, 2.45) is 0 Å². The van der Waals surface area contributed by atoms with Crippen LogP contribution in [-0.2, 0) is 0 Å². The second-order valence-corrected chi connectivity index (χ2v) is 8.32. The second-order valence-electron chi connectivity index (χ2n) is 6.40. The van der Waals surface area contributed by atoms with E-state index in [1.165, 1.54) is 28.4 Å². The molecule has 30 heavy (non-hydrogen) atoms. The van der Waals surface area contributed by atoms with Gasteiger partial charge < -0.3 is 21.3 Å². The van der Waals surface area contributed by atoms with Crippen LogP contribution < -0.4 is 21.3 Å². The molecule has 1 aliphatic rings. The molecule has 0 unspecified atom stereocenters. The zero-order valence-corrected chi connectivity index (χ0v) is 20.3. The Morgan fingerprint density at radius 1 is 1.10 bits per heavy atom. The summed E-state index contributed by atoms with van der Waals surface area (Å²) in [5.74, 6) is 0.220. The first-order valence-corrected chi connectivity index (χ1v) is 10.5. The second kappa shape index (κ2) is 11.7. The van der Waals surface area contributed by atoms with Crippen LogP contribution in [0, 0.1) is 6.92 Å². The molecule has 1 saturated heterocycles. The lowest BCUT2D eigenvalue weighted by Gasteiger charge is -2.29. The summed E-state index contributed by atoms with van der Waals surface area (Å²) >= 11 is 2.73. The van der Waals surface area contributed by atoms with E-state index in [1.807, 2.05) is 30.5 Å². The van der Waals surface area contributed by atoms with Crippen LogP contribution in [0.2, 0.25) is 0 Å². The van der Waals surface area contributed by atoms with Crippen molar-refractivity contribution in [2.75, 3.05) is 42.1 Å². The lowest BCUT2D eigenvalue weighted by molar-refractivity contribution is 0.104. The van der Waals surface area contributed by atoms with Gasteiger partial charge in [0.25, 0.3) is 0 Å². The van der Waals surface area contributed by atoms with Crippen molar-refractivity contribution >= 4 is 88.0 Å². The quantitative estimate of drug-likeness (QED) is 0.432. The Bertz CT molecular complexity index is 955. The number of nitrogens with two attached hydrogens (primary N) is 1. The molecule has 0 atom stereocenters. The number of carbonyl (C=O) groups is 1. The number of carbonyl (C=O) groups excluding carboxylic acids is 1. The summed E-state index contributed by atoms with van der Waals surface area (Å²) in [7, 11) is 0. The zero-order chi connectivity index (χ0) is 18.8. The summed E-state index contributed by atoms with van der Waals surface area (Å²) in [6.07, 6.45) is 0. The number of anilines is 4. The van der Waals surface area contributed by atoms with Crippen LogP contribution in [0.3, 0.4) is 0 Å². The van der Waals surface area contributed by atoms with Crippen molar-refractivity contribution in [3.63, 3.8) is 0 Å². The van der Waals surface area contributed by atoms with Gasteiger partial charge in [-0.05, 0) is 48.2 Å². The number of nitrogens with one attached hydrogen (secondary N) is 2. The van der Waals surface area contributed by atoms with Crippen LogP contribution in [0.15, 0.2) is 35.7 Å². The van der Waals surface area contributed by atoms with Crippen LogP contribution in [0.5, 0.6) is 0 Å². The van der Waals surface area contributed by atoms with Gasteiger partial charge in [-0.15, -0.1) is 48.6 Å². The van der Waals surface area contributed by atoms with Crippen molar-refractivity contribution < 1.29 is 4.79 Å². The third-order valence-corrected chi connectivity index (χ3v) is 6.53. The molecule has 1 aliphatic heterocycles. The van der Waals surface area contributed by atoms with Gasteiger partial charge in [-0.25, -0.2) is 4.98 Å². The van der Waals surface area contributed by atoms with E-state index >= 15 is 0 Å². The summed E-state index contributed by atoms with van der Waals surface area (Å²) in [5, 5.41) is 9.16. The van der Waals surface area contributed by atoms with Gasteiger partial charge >= 0.3 is 0 Å². The minimum Gasteiger partial charge on any atom is -0.382 e. The number of hydrogen-bond acceptors (Lipinski definition) is 8. The Balaban J connectivity index is 0.00000150. The number of aromatic nitrogens is 1. The normalized spacial score (nSPS) is 12.9. The average Bonchev–Trinajstić information content (AvgIpc) is 3.28. The van der Waals surface area contributed by atoms with Gasteiger partial charge in [0.05, 0.1) is 4.88 Å². The van der Waals surface area contributed by atoms with E-state index < -0.39 is 0 Å². The summed E-state index contributed by atoms with van der Waals surface area (Å²) in [4.78, 5) is 20.6. The largest absolute Gasteiger partial charge is 0.382 e. The number of nitrogen functional groups attached to an aromatic ring is 1. The predicted molar refractivity (Wildman–Crippen MR) is 136 cm³/mol. The summed E-state index contributed by atoms with van der Waals surface area (Å²) in [6, 6.07) is 10.2. The smallest absolute Gasteiger partial charge is 0.217 e. The maximum absolute atomic E-state index is 12.7. The predicted octanol–water partition coefficient (Wildman–Crippen LogP) is 4.74. The van der Waals surface area contributed by atoms with E-state index in [1.54, 1.807) is 0 Å². The molecule has 1 fully saturated rings. The number of hydrogen-bond donors (Lipinski definition) is 3. The van der Waals surface area contributed by atoms with E-state index in [0.717, 1.165) is 42.3 Å². The van der Waals surface area contributed by atoms with Crippen LogP contribution in [0.1, 0.15) is 20.1 Å². The number of ketones is 1. The highest BCUT2D eigenvalue weighted by Crippen LogP contribution is 2.32. The van der Waals surface area contributed by atoms with Crippen LogP contribution >= 0.6 is 59.9 Å². The minimum absolute atomic E-state index is 0. The first-order chi connectivity index (χ1) is 13.1. The van der Waals surface area contributed by atoms with Crippen molar-refractivity contribution in [1.29, 1.82) is 0 Å². The Hall–Kier alpha value is -1.55. The maximum atomic E-state index is 12.7. The fraction of sp³-hybridized carbons (Fsp3) is 0.263. The molecule has 0 radical (unpaired) electrons. The Labute approximate surface area is 202 Å². The first kappa shape index (κ1) is 26.5. The van der Waals surface area contributed by atoms with E-state index in [2.05, 4.69) is 32.7 Å². The van der Waals surface area contributed by atoms with Crippen molar-refractivity contribution in [1.82, 2.24) is 10.3 Å². The molecular weight excluding hydrogens is 485 g/mol. The molecule has 6 nitrogen and oxygen atoms in total. The molecule has 164 valence electrons. The van der Waals surface area contributed by atoms with Crippen molar-refractivity contribution in [3.8, 4) is 0 Å². The third-order valence-electron chi connectivity index (χ3n) is 4.53. The molecule has 2 aromatic heterocycles. The fourth-order valence-corrected chi connectivity index (χ4v) is 4.85. The monoisotopic (exact) mass is 507 g/mol. The Morgan fingerprint density at radius 2 is 1.77 bits per heavy atom. The number of halogens is 3. The molecule has 11 heteroatoms. The van der Waals surface area contributed by atoms with E-state index in [0.29, 0.717) is 10.0 Å². The van der Waals surface area contributed by atoms with E-state index in [4.69, 9.17) is 5.73 Å². The molecule has 4 N–H and O–H groups in total. The highest BCUT2D eigenvalue weighted by Gasteiger charge is 2.20. The molecule has 0 aliphatic carbocycles. The molecule has 3 aromatic rings. The standard InChI is InChI=1S/C19H21N5OS2.3ClH/c1-12-6-11-26-16(12)15(25)17-18(20)23-19(27-17)22-13-2-4-14(5-3-13)24-9-7-21-8-10-24;;;/h2-6,11,21H,7-10,20H2,1H3,(H,22,23);3*1H. The van der Waals surface area contributed by atoms with Crippen LogP contribution in [0.4, 0.5) is 22.3 Å². The number of thiophene rings is 1. The Kier molecular flexibility index (Phi) is 10.4. The zero-order valence-electron chi connectivity index (χ0n) is 16.2. The van der Waals surface area contributed by atoms with Crippen molar-refractivity contribution in [3.05, 3.63) is 51.0 Å². The van der Waals surface area contributed by atoms with Gasteiger partial charge in [-0.1, -0.05) is 11.3 Å². The first-order valence-electron chi connectivity index (χ1n) is 8.79. The topological polar surface area (TPSA) is 83.3 Å². The van der Waals surface area contributed by atoms with Gasteiger partial charge in [0, 0.05) is 37.6 Å².